The van der Waals surface area contributed by atoms with Crippen LogP contribution in [0.4, 0.5) is 0 Å². The molecule has 1 aliphatic heterocycles. The maximum atomic E-state index is 4.38. The van der Waals surface area contributed by atoms with E-state index >= 15 is 0 Å². The van der Waals surface area contributed by atoms with Crippen LogP contribution in [-0.2, 0) is 13.0 Å². The lowest BCUT2D eigenvalue weighted by molar-refractivity contribution is 0.173. The molecule has 0 bridgehead atoms. The van der Waals surface area contributed by atoms with Gasteiger partial charge in [-0.15, -0.1) is 10.2 Å². The molecule has 0 aliphatic carbocycles. The first-order chi connectivity index (χ1) is 13.8. The predicted octanol–water partition coefficient (Wildman–Crippen LogP) is 4.41. The monoisotopic (exact) mass is 371 g/mol. The molecule has 142 valence electrons. The molecule has 0 unspecified atom stereocenters. The third-order valence-corrected chi connectivity index (χ3v) is 5.81. The van der Waals surface area contributed by atoms with Gasteiger partial charge in [-0.1, -0.05) is 42.5 Å². The lowest BCUT2D eigenvalue weighted by Gasteiger charge is -2.31. The van der Waals surface area contributed by atoms with Gasteiger partial charge >= 0.3 is 0 Å². The van der Waals surface area contributed by atoms with Crippen molar-refractivity contribution in [1.82, 2.24) is 25.1 Å². The predicted molar refractivity (Wildman–Crippen MR) is 112 cm³/mol. The molecule has 2 N–H and O–H groups in total. The van der Waals surface area contributed by atoms with Gasteiger partial charge in [-0.25, -0.2) is 0 Å². The van der Waals surface area contributed by atoms with E-state index < -0.39 is 0 Å². The summed E-state index contributed by atoms with van der Waals surface area (Å²) < 4.78 is 0. The van der Waals surface area contributed by atoms with Crippen LogP contribution in [-0.4, -0.2) is 38.2 Å². The van der Waals surface area contributed by atoms with Crippen LogP contribution >= 0.6 is 0 Å². The number of nitrogens with zero attached hydrogens (tertiary/aromatic N) is 3. The number of aromatic amines is 2. The summed E-state index contributed by atoms with van der Waals surface area (Å²) in [6.45, 7) is 3.10. The highest BCUT2D eigenvalue weighted by atomic mass is 15.2. The first-order valence-corrected chi connectivity index (χ1v) is 10.1. The van der Waals surface area contributed by atoms with Crippen molar-refractivity contribution >= 4 is 10.9 Å². The Kier molecular flexibility index (Phi) is 4.67. The molecule has 28 heavy (non-hydrogen) atoms. The second-order valence-electron chi connectivity index (χ2n) is 7.81. The Hall–Kier alpha value is -2.92. The molecule has 5 nitrogen and oxygen atoms in total. The van der Waals surface area contributed by atoms with Crippen molar-refractivity contribution < 1.29 is 0 Å². The molecule has 0 radical (unpaired) electrons. The van der Waals surface area contributed by atoms with Gasteiger partial charge in [-0.3, -0.25) is 4.90 Å². The number of benzene rings is 2. The van der Waals surface area contributed by atoms with Crippen LogP contribution in [0.2, 0.25) is 0 Å². The summed E-state index contributed by atoms with van der Waals surface area (Å²) in [5.74, 6) is 2.57. The van der Waals surface area contributed by atoms with E-state index in [1.807, 2.05) is 6.20 Å². The van der Waals surface area contributed by atoms with E-state index in [0.717, 1.165) is 48.3 Å². The number of rotatable bonds is 5. The zero-order valence-corrected chi connectivity index (χ0v) is 15.9. The molecular weight excluding hydrogens is 346 g/mol. The van der Waals surface area contributed by atoms with Crippen molar-refractivity contribution in [2.75, 3.05) is 13.1 Å². The highest BCUT2D eigenvalue weighted by Gasteiger charge is 2.20. The minimum absolute atomic E-state index is 0.788. The Morgan fingerprint density at radius 3 is 2.68 bits per heavy atom. The van der Waals surface area contributed by atoms with Gasteiger partial charge in [0.1, 0.15) is 5.82 Å². The summed E-state index contributed by atoms with van der Waals surface area (Å²) >= 11 is 0. The van der Waals surface area contributed by atoms with Crippen LogP contribution < -0.4 is 0 Å². The molecular formula is C23H25N5. The maximum Gasteiger partial charge on any atom is 0.161 e. The van der Waals surface area contributed by atoms with Gasteiger partial charge in [-0.2, -0.15) is 0 Å². The quantitative estimate of drug-likeness (QED) is 0.546. The fraction of sp³-hybridized carbons (Fsp3) is 0.304. The first kappa shape index (κ1) is 17.2. The number of nitrogens with one attached hydrogen (secondary N) is 2. The third-order valence-electron chi connectivity index (χ3n) is 5.81. The van der Waals surface area contributed by atoms with Crippen molar-refractivity contribution in [3.05, 3.63) is 72.2 Å². The van der Waals surface area contributed by atoms with E-state index in [2.05, 4.69) is 79.7 Å². The summed E-state index contributed by atoms with van der Waals surface area (Å²) in [5.41, 5.74) is 3.64. The minimum atomic E-state index is 0.788. The second-order valence-corrected chi connectivity index (χ2v) is 7.81. The molecule has 0 saturated carbocycles. The highest BCUT2D eigenvalue weighted by Crippen LogP contribution is 2.24. The maximum absolute atomic E-state index is 4.38. The molecule has 5 rings (SSSR count). The van der Waals surface area contributed by atoms with E-state index in [0.29, 0.717) is 0 Å². The second kappa shape index (κ2) is 7.60. The van der Waals surface area contributed by atoms with Gasteiger partial charge in [0.15, 0.2) is 5.82 Å². The number of fused-ring (bicyclic) bond motifs is 1. The van der Waals surface area contributed by atoms with Crippen LogP contribution in [0.15, 0.2) is 60.8 Å². The SMILES string of the molecule is c1ccc(CC2CCN(Cc3nnc(-c4ccc5cc[nH]c5c4)[nH]3)CC2)cc1. The van der Waals surface area contributed by atoms with Crippen molar-refractivity contribution in [3.8, 4) is 11.4 Å². The summed E-state index contributed by atoms with van der Waals surface area (Å²) in [4.78, 5) is 9.15. The van der Waals surface area contributed by atoms with E-state index in [1.54, 1.807) is 0 Å². The Labute approximate surface area is 164 Å². The summed E-state index contributed by atoms with van der Waals surface area (Å²) in [6.07, 6.45) is 5.66. The lowest BCUT2D eigenvalue weighted by Crippen LogP contribution is -2.34. The number of H-pyrrole nitrogens is 2. The molecule has 2 aromatic carbocycles. The minimum Gasteiger partial charge on any atom is -0.361 e. The average Bonchev–Trinajstić information content (AvgIpc) is 3.39. The smallest absolute Gasteiger partial charge is 0.161 e. The molecule has 1 fully saturated rings. The summed E-state index contributed by atoms with van der Waals surface area (Å²) in [7, 11) is 0. The van der Waals surface area contributed by atoms with Gasteiger partial charge in [0.2, 0.25) is 0 Å². The van der Waals surface area contributed by atoms with Gasteiger partial charge in [-0.05, 0) is 61.4 Å². The van der Waals surface area contributed by atoms with Crippen molar-refractivity contribution in [2.24, 2.45) is 5.92 Å². The van der Waals surface area contributed by atoms with Crippen molar-refractivity contribution in [3.63, 3.8) is 0 Å². The Morgan fingerprint density at radius 2 is 1.82 bits per heavy atom. The molecule has 5 heteroatoms. The Balaban J connectivity index is 1.18. The van der Waals surface area contributed by atoms with E-state index in [9.17, 15) is 0 Å². The molecule has 4 aromatic rings. The molecule has 1 aliphatic rings. The van der Waals surface area contributed by atoms with Crippen LogP contribution in [0.5, 0.6) is 0 Å². The number of hydrogen-bond donors (Lipinski definition) is 2. The van der Waals surface area contributed by atoms with E-state index in [1.165, 1.54) is 30.2 Å². The molecule has 0 amide bonds. The molecule has 1 saturated heterocycles. The van der Waals surface area contributed by atoms with E-state index in [4.69, 9.17) is 0 Å². The Morgan fingerprint density at radius 1 is 0.964 bits per heavy atom. The zero-order chi connectivity index (χ0) is 18.8. The topological polar surface area (TPSA) is 60.6 Å². The molecule has 2 aromatic heterocycles. The van der Waals surface area contributed by atoms with Crippen molar-refractivity contribution in [1.29, 1.82) is 0 Å². The molecule has 0 atom stereocenters. The van der Waals surface area contributed by atoms with Gasteiger partial charge in [0, 0.05) is 17.3 Å². The largest absolute Gasteiger partial charge is 0.361 e. The molecule has 3 heterocycles. The van der Waals surface area contributed by atoms with E-state index in [-0.39, 0.29) is 0 Å². The lowest BCUT2D eigenvalue weighted by atomic mass is 9.90. The zero-order valence-electron chi connectivity index (χ0n) is 15.9. The average molecular weight is 371 g/mol. The highest BCUT2D eigenvalue weighted by molar-refractivity contribution is 5.83. The van der Waals surface area contributed by atoms with Crippen LogP contribution in [0.1, 0.15) is 24.2 Å². The van der Waals surface area contributed by atoms with Gasteiger partial charge in [0.05, 0.1) is 6.54 Å². The Bertz CT molecular complexity index is 1040. The van der Waals surface area contributed by atoms with Crippen LogP contribution in [0, 0.1) is 5.92 Å². The number of likely N-dealkylation sites (tertiary alicyclic amines) is 1. The third kappa shape index (κ3) is 3.71. The van der Waals surface area contributed by atoms with Gasteiger partial charge in [0.25, 0.3) is 0 Å². The fourth-order valence-corrected chi connectivity index (χ4v) is 4.20. The fourth-order valence-electron chi connectivity index (χ4n) is 4.20. The normalized spacial score (nSPS) is 16.0. The van der Waals surface area contributed by atoms with Crippen LogP contribution in [0.3, 0.4) is 0 Å². The summed E-state index contributed by atoms with van der Waals surface area (Å²) in [6, 6.07) is 19.3. The standard InChI is InChI=1S/C23H25N5/c1-2-4-17(5-3-1)14-18-9-12-28(13-10-18)16-22-25-23(27-26-22)20-7-6-19-8-11-24-21(19)15-20/h1-8,11,15,18,24H,9-10,12-14,16H2,(H,25,26,27). The first-order valence-electron chi connectivity index (χ1n) is 10.1. The summed E-state index contributed by atoms with van der Waals surface area (Å²) in [5, 5.41) is 9.96. The van der Waals surface area contributed by atoms with Gasteiger partial charge < -0.3 is 9.97 Å². The van der Waals surface area contributed by atoms with Crippen molar-refractivity contribution in [2.45, 2.75) is 25.8 Å². The number of piperidine rings is 1. The number of aromatic nitrogens is 4. The molecule has 0 spiro atoms. The van der Waals surface area contributed by atoms with Crippen LogP contribution in [0.25, 0.3) is 22.3 Å². The number of hydrogen-bond acceptors (Lipinski definition) is 3.